The van der Waals surface area contributed by atoms with Gasteiger partial charge in [0.05, 0.1) is 6.54 Å². The Morgan fingerprint density at radius 3 is 2.70 bits per heavy atom. The molecule has 1 heterocycles. The first-order chi connectivity index (χ1) is 10.7. The maximum absolute atomic E-state index is 5.69. The summed E-state index contributed by atoms with van der Waals surface area (Å²) in [6, 6.07) is 5.58. The van der Waals surface area contributed by atoms with Crippen molar-refractivity contribution in [2.75, 3.05) is 33.5 Å². The van der Waals surface area contributed by atoms with E-state index in [1.54, 1.807) is 7.05 Å². The molecule has 0 atom stereocenters. The topological polar surface area (TPSA) is 64.1 Å². The second-order valence-electron chi connectivity index (χ2n) is 5.47. The van der Waals surface area contributed by atoms with Crippen LogP contribution in [0.15, 0.2) is 23.2 Å². The highest BCUT2D eigenvalue weighted by molar-refractivity contribution is 14.0. The average molecular weight is 435 g/mol. The minimum Gasteiger partial charge on any atom is -0.492 e. The lowest BCUT2D eigenvalue weighted by molar-refractivity contribution is 0.173. The van der Waals surface area contributed by atoms with Gasteiger partial charge in [-0.2, -0.15) is 0 Å². The van der Waals surface area contributed by atoms with E-state index in [2.05, 4.69) is 29.5 Å². The Balaban J connectivity index is 0.00000264. The van der Waals surface area contributed by atoms with Crippen LogP contribution in [0.1, 0.15) is 20.3 Å². The second-order valence-corrected chi connectivity index (χ2v) is 5.47. The molecule has 130 valence electrons. The smallest absolute Gasteiger partial charge is 0.231 e. The van der Waals surface area contributed by atoms with Gasteiger partial charge in [0.2, 0.25) is 6.79 Å². The molecule has 1 aromatic rings. The normalized spacial score (nSPS) is 12.8. The van der Waals surface area contributed by atoms with E-state index in [1.807, 2.05) is 18.2 Å². The van der Waals surface area contributed by atoms with Crippen LogP contribution in [0.4, 0.5) is 0 Å². The number of guanidine groups is 1. The summed E-state index contributed by atoms with van der Waals surface area (Å²) in [5.74, 6) is 3.75. The zero-order valence-electron chi connectivity index (χ0n) is 13.9. The summed E-state index contributed by atoms with van der Waals surface area (Å²) in [7, 11) is 1.77. The van der Waals surface area contributed by atoms with Crippen LogP contribution in [0.2, 0.25) is 0 Å². The van der Waals surface area contributed by atoms with Crippen LogP contribution in [0.3, 0.4) is 0 Å². The highest BCUT2D eigenvalue weighted by Gasteiger charge is 2.13. The fourth-order valence-electron chi connectivity index (χ4n) is 2.00. The zero-order chi connectivity index (χ0) is 15.8. The molecule has 0 aliphatic carbocycles. The van der Waals surface area contributed by atoms with Gasteiger partial charge in [0, 0.05) is 19.7 Å². The van der Waals surface area contributed by atoms with E-state index in [1.165, 1.54) is 0 Å². The SMILES string of the molecule is CN=C(NCCOc1ccc2c(c1)OCO2)NCCC(C)C.I. The van der Waals surface area contributed by atoms with E-state index in [-0.39, 0.29) is 30.8 Å². The van der Waals surface area contributed by atoms with Crippen molar-refractivity contribution in [3.63, 3.8) is 0 Å². The van der Waals surface area contributed by atoms with Gasteiger partial charge in [-0.3, -0.25) is 4.99 Å². The van der Waals surface area contributed by atoms with Crippen LogP contribution < -0.4 is 24.8 Å². The van der Waals surface area contributed by atoms with Gasteiger partial charge in [-0.25, -0.2) is 0 Å². The number of benzene rings is 1. The lowest BCUT2D eigenvalue weighted by atomic mass is 10.1. The maximum Gasteiger partial charge on any atom is 0.231 e. The molecule has 0 saturated heterocycles. The van der Waals surface area contributed by atoms with Gasteiger partial charge in [0.25, 0.3) is 0 Å². The lowest BCUT2D eigenvalue weighted by Gasteiger charge is -2.13. The van der Waals surface area contributed by atoms with Gasteiger partial charge < -0.3 is 24.8 Å². The number of aliphatic imine (C=N–C) groups is 1. The first kappa shape index (κ1) is 19.7. The highest BCUT2D eigenvalue weighted by Crippen LogP contribution is 2.34. The van der Waals surface area contributed by atoms with Crippen LogP contribution in [-0.4, -0.2) is 39.5 Å². The third kappa shape index (κ3) is 6.72. The molecule has 0 fully saturated rings. The third-order valence-electron chi connectivity index (χ3n) is 3.25. The minimum atomic E-state index is 0. The summed E-state index contributed by atoms with van der Waals surface area (Å²) in [5, 5.41) is 6.50. The van der Waals surface area contributed by atoms with Crippen molar-refractivity contribution in [2.24, 2.45) is 10.9 Å². The van der Waals surface area contributed by atoms with Crippen molar-refractivity contribution >= 4 is 29.9 Å². The maximum atomic E-state index is 5.69. The van der Waals surface area contributed by atoms with E-state index >= 15 is 0 Å². The summed E-state index contributed by atoms with van der Waals surface area (Å²) in [4.78, 5) is 4.18. The number of nitrogens with one attached hydrogen (secondary N) is 2. The highest BCUT2D eigenvalue weighted by atomic mass is 127. The molecule has 2 rings (SSSR count). The average Bonchev–Trinajstić information content (AvgIpc) is 2.97. The molecule has 1 aliphatic rings. The van der Waals surface area contributed by atoms with Crippen molar-refractivity contribution in [1.82, 2.24) is 10.6 Å². The minimum absolute atomic E-state index is 0. The molecule has 0 bridgehead atoms. The van der Waals surface area contributed by atoms with Crippen LogP contribution in [0.25, 0.3) is 0 Å². The number of hydrogen-bond acceptors (Lipinski definition) is 4. The van der Waals surface area contributed by atoms with Gasteiger partial charge in [-0.05, 0) is 24.5 Å². The van der Waals surface area contributed by atoms with Crippen LogP contribution in [0, 0.1) is 5.92 Å². The van der Waals surface area contributed by atoms with Crippen molar-refractivity contribution < 1.29 is 14.2 Å². The van der Waals surface area contributed by atoms with Crippen molar-refractivity contribution in [3.8, 4) is 17.2 Å². The molecule has 6 nitrogen and oxygen atoms in total. The number of halogens is 1. The molecule has 0 radical (unpaired) electrons. The largest absolute Gasteiger partial charge is 0.492 e. The van der Waals surface area contributed by atoms with Crippen molar-refractivity contribution in [2.45, 2.75) is 20.3 Å². The Morgan fingerprint density at radius 1 is 1.22 bits per heavy atom. The summed E-state index contributed by atoms with van der Waals surface area (Å²) < 4.78 is 16.3. The molecule has 1 aromatic carbocycles. The number of rotatable bonds is 7. The fourth-order valence-corrected chi connectivity index (χ4v) is 2.00. The van der Waals surface area contributed by atoms with Crippen molar-refractivity contribution in [3.05, 3.63) is 18.2 Å². The number of ether oxygens (including phenoxy) is 3. The standard InChI is InChI=1S/C16H25N3O3.HI/c1-12(2)6-7-18-16(17-3)19-8-9-20-13-4-5-14-15(10-13)22-11-21-14;/h4-5,10,12H,6-9,11H2,1-3H3,(H2,17,18,19);1H. The third-order valence-corrected chi connectivity index (χ3v) is 3.25. The molecular formula is C16H26IN3O3. The lowest BCUT2D eigenvalue weighted by Crippen LogP contribution is -2.39. The van der Waals surface area contributed by atoms with E-state index in [9.17, 15) is 0 Å². The first-order valence-corrected chi connectivity index (χ1v) is 7.66. The molecule has 0 saturated carbocycles. The molecule has 2 N–H and O–H groups in total. The van der Waals surface area contributed by atoms with Crippen LogP contribution in [-0.2, 0) is 0 Å². The Bertz CT molecular complexity index is 509. The summed E-state index contributed by atoms with van der Waals surface area (Å²) >= 11 is 0. The summed E-state index contributed by atoms with van der Waals surface area (Å²) in [5.41, 5.74) is 0. The van der Waals surface area contributed by atoms with E-state index < -0.39 is 0 Å². The molecular weight excluding hydrogens is 409 g/mol. The van der Waals surface area contributed by atoms with E-state index in [0.717, 1.165) is 36.2 Å². The second kappa shape index (κ2) is 10.4. The van der Waals surface area contributed by atoms with Gasteiger partial charge in [0.1, 0.15) is 12.4 Å². The quantitative estimate of drug-likeness (QED) is 0.299. The van der Waals surface area contributed by atoms with E-state index in [4.69, 9.17) is 14.2 Å². The molecule has 0 amide bonds. The monoisotopic (exact) mass is 435 g/mol. The first-order valence-electron chi connectivity index (χ1n) is 7.66. The Labute approximate surface area is 155 Å². The van der Waals surface area contributed by atoms with Gasteiger partial charge >= 0.3 is 0 Å². The molecule has 0 unspecified atom stereocenters. The van der Waals surface area contributed by atoms with E-state index in [0.29, 0.717) is 19.1 Å². The number of fused-ring (bicyclic) bond motifs is 1. The summed E-state index contributed by atoms with van der Waals surface area (Å²) in [6.45, 7) is 6.83. The summed E-state index contributed by atoms with van der Waals surface area (Å²) in [6.07, 6.45) is 1.12. The van der Waals surface area contributed by atoms with Gasteiger partial charge in [0.15, 0.2) is 17.5 Å². The Morgan fingerprint density at radius 2 is 1.96 bits per heavy atom. The van der Waals surface area contributed by atoms with Gasteiger partial charge in [-0.1, -0.05) is 13.8 Å². The predicted octanol–water partition coefficient (Wildman–Crippen LogP) is 2.62. The molecule has 1 aliphatic heterocycles. The van der Waals surface area contributed by atoms with Gasteiger partial charge in [-0.15, -0.1) is 24.0 Å². The van der Waals surface area contributed by atoms with Crippen molar-refractivity contribution in [1.29, 1.82) is 0 Å². The Kier molecular flexibility index (Phi) is 8.90. The van der Waals surface area contributed by atoms with Crippen LogP contribution >= 0.6 is 24.0 Å². The molecule has 0 spiro atoms. The molecule has 23 heavy (non-hydrogen) atoms. The zero-order valence-corrected chi connectivity index (χ0v) is 16.3. The number of nitrogens with zero attached hydrogens (tertiary/aromatic N) is 1. The molecule has 7 heteroatoms. The fraction of sp³-hybridized carbons (Fsp3) is 0.562. The molecule has 0 aromatic heterocycles. The number of hydrogen-bond donors (Lipinski definition) is 2. The van der Waals surface area contributed by atoms with Crippen LogP contribution in [0.5, 0.6) is 17.2 Å². The Hall–Kier alpha value is -1.38. The predicted molar refractivity (Wildman–Crippen MR) is 102 cm³/mol.